The van der Waals surface area contributed by atoms with Crippen LogP contribution in [0.1, 0.15) is 66.4 Å². The topological polar surface area (TPSA) is 116 Å². The average Bonchev–Trinajstić information content (AvgIpc) is 3.05. The summed E-state index contributed by atoms with van der Waals surface area (Å²) in [6.45, 7) is 4.37. The van der Waals surface area contributed by atoms with E-state index in [2.05, 4.69) is 20.2 Å². The van der Waals surface area contributed by atoms with Gasteiger partial charge in [0.1, 0.15) is 6.04 Å². The van der Waals surface area contributed by atoms with Crippen molar-refractivity contribution in [2.45, 2.75) is 64.3 Å². The SMILES string of the molecule is Cc1ccc(C(=O)NC(Cc2ccc(-c3ncc(N4CCC(C5CCCCC5)CC4)cn3)cc2)C(=O)N2CC(C(=O)O)C2)cc1. The highest BCUT2D eigenvalue weighted by atomic mass is 16.4. The second kappa shape index (κ2) is 13.8. The molecule has 3 aromatic rings. The van der Waals surface area contributed by atoms with Gasteiger partial charge in [-0.3, -0.25) is 14.4 Å². The number of likely N-dealkylation sites (tertiary alicyclic amines) is 1. The van der Waals surface area contributed by atoms with Crippen LogP contribution < -0.4 is 10.2 Å². The molecule has 9 heteroatoms. The molecule has 1 aromatic heterocycles. The number of aromatic nitrogens is 2. The zero-order valence-electron chi connectivity index (χ0n) is 26.0. The Morgan fingerprint density at radius 1 is 0.867 bits per heavy atom. The van der Waals surface area contributed by atoms with Gasteiger partial charge in [-0.25, -0.2) is 9.97 Å². The highest BCUT2D eigenvalue weighted by Gasteiger charge is 2.39. The number of rotatable bonds is 9. The molecule has 0 spiro atoms. The third-order valence-corrected chi connectivity index (χ3v) is 9.97. The number of anilines is 1. The Kier molecular flexibility index (Phi) is 9.42. The second-order valence-corrected chi connectivity index (χ2v) is 13.1. The summed E-state index contributed by atoms with van der Waals surface area (Å²) in [5.41, 5.74) is 4.32. The summed E-state index contributed by atoms with van der Waals surface area (Å²) in [6, 6.07) is 14.1. The third-order valence-electron chi connectivity index (χ3n) is 9.97. The Hall–Kier alpha value is -4.27. The number of nitrogens with one attached hydrogen (secondary N) is 1. The first kappa shape index (κ1) is 30.7. The van der Waals surface area contributed by atoms with E-state index in [9.17, 15) is 19.5 Å². The van der Waals surface area contributed by atoms with E-state index in [1.807, 2.05) is 55.7 Å². The van der Waals surface area contributed by atoms with Crippen molar-refractivity contribution in [3.8, 4) is 11.4 Å². The van der Waals surface area contributed by atoms with E-state index < -0.39 is 17.9 Å². The molecule has 45 heavy (non-hydrogen) atoms. The monoisotopic (exact) mass is 609 g/mol. The first-order chi connectivity index (χ1) is 21.8. The number of aryl methyl sites for hydroxylation is 1. The van der Waals surface area contributed by atoms with Gasteiger partial charge >= 0.3 is 5.97 Å². The predicted octanol–water partition coefficient (Wildman–Crippen LogP) is 5.13. The lowest BCUT2D eigenvalue weighted by molar-refractivity contribution is -0.153. The minimum Gasteiger partial charge on any atom is -0.481 e. The lowest BCUT2D eigenvalue weighted by atomic mass is 9.76. The fraction of sp³-hybridized carbons (Fsp3) is 0.472. The number of carbonyl (C=O) groups excluding carboxylic acids is 2. The van der Waals surface area contributed by atoms with Crippen LogP contribution in [0.3, 0.4) is 0 Å². The quantitative estimate of drug-likeness (QED) is 0.346. The van der Waals surface area contributed by atoms with Gasteiger partial charge in [-0.05, 0) is 49.3 Å². The zero-order valence-corrected chi connectivity index (χ0v) is 26.0. The second-order valence-electron chi connectivity index (χ2n) is 13.1. The minimum absolute atomic E-state index is 0.149. The van der Waals surface area contributed by atoms with Gasteiger partial charge in [0.15, 0.2) is 5.82 Å². The van der Waals surface area contributed by atoms with Crippen molar-refractivity contribution in [2.24, 2.45) is 17.8 Å². The molecule has 2 aliphatic heterocycles. The molecule has 6 rings (SSSR count). The van der Waals surface area contributed by atoms with Crippen LogP contribution in [0.25, 0.3) is 11.4 Å². The average molecular weight is 610 g/mol. The molecule has 2 amide bonds. The number of carboxylic acids is 1. The Bertz CT molecular complexity index is 1470. The highest BCUT2D eigenvalue weighted by molar-refractivity contribution is 5.98. The van der Waals surface area contributed by atoms with Crippen molar-refractivity contribution in [3.05, 3.63) is 77.6 Å². The fourth-order valence-electron chi connectivity index (χ4n) is 7.08. The van der Waals surface area contributed by atoms with Crippen LogP contribution in [0.4, 0.5) is 5.69 Å². The van der Waals surface area contributed by atoms with Gasteiger partial charge in [0.05, 0.1) is 24.0 Å². The number of carboxylic acid groups (broad SMARTS) is 1. The number of benzene rings is 2. The highest BCUT2D eigenvalue weighted by Crippen LogP contribution is 2.36. The van der Waals surface area contributed by atoms with Gasteiger partial charge in [0.2, 0.25) is 5.91 Å². The molecule has 0 radical (unpaired) electrons. The number of carbonyl (C=O) groups is 3. The summed E-state index contributed by atoms with van der Waals surface area (Å²) in [7, 11) is 0. The van der Waals surface area contributed by atoms with Crippen LogP contribution in [0, 0.1) is 24.7 Å². The van der Waals surface area contributed by atoms with Gasteiger partial charge in [0, 0.05) is 43.7 Å². The number of amides is 2. The van der Waals surface area contributed by atoms with Crippen molar-refractivity contribution < 1.29 is 19.5 Å². The summed E-state index contributed by atoms with van der Waals surface area (Å²) in [5, 5.41) is 12.2. The number of piperidine rings is 1. The molecular weight excluding hydrogens is 566 g/mol. The van der Waals surface area contributed by atoms with Crippen molar-refractivity contribution in [1.82, 2.24) is 20.2 Å². The van der Waals surface area contributed by atoms with E-state index in [-0.39, 0.29) is 31.3 Å². The van der Waals surface area contributed by atoms with E-state index >= 15 is 0 Å². The maximum absolute atomic E-state index is 13.4. The molecule has 9 nitrogen and oxygen atoms in total. The Balaban J connectivity index is 1.08. The first-order valence-corrected chi connectivity index (χ1v) is 16.4. The summed E-state index contributed by atoms with van der Waals surface area (Å²) >= 11 is 0. The summed E-state index contributed by atoms with van der Waals surface area (Å²) < 4.78 is 0. The smallest absolute Gasteiger partial charge is 0.310 e. The number of nitrogens with zero attached hydrogens (tertiary/aromatic N) is 4. The Labute approximate surface area is 265 Å². The van der Waals surface area contributed by atoms with Crippen molar-refractivity contribution in [2.75, 3.05) is 31.1 Å². The van der Waals surface area contributed by atoms with Gasteiger partial charge < -0.3 is 20.2 Å². The lowest BCUT2D eigenvalue weighted by Crippen LogP contribution is -2.59. The lowest BCUT2D eigenvalue weighted by Gasteiger charge is -2.39. The fourth-order valence-corrected chi connectivity index (χ4v) is 7.08. The number of hydrogen-bond donors (Lipinski definition) is 2. The van der Waals surface area contributed by atoms with Gasteiger partial charge in [-0.2, -0.15) is 0 Å². The van der Waals surface area contributed by atoms with Crippen LogP contribution >= 0.6 is 0 Å². The standard InChI is InChI=1S/C36H43N5O4/c1-24-7-11-29(12-8-24)34(42)39-32(35(43)41-22-30(23-41)36(44)45)19-25-9-13-28(14-10-25)33-37-20-31(21-38-33)40-17-15-27(16-18-40)26-5-3-2-4-6-26/h7-14,20-21,26-27,30,32H,2-6,15-19,22-23H2,1H3,(H,39,42)(H,44,45). The molecule has 3 heterocycles. The van der Waals surface area contributed by atoms with Crippen molar-refractivity contribution >= 4 is 23.5 Å². The van der Waals surface area contributed by atoms with Crippen LogP contribution in [-0.2, 0) is 16.0 Å². The Morgan fingerprint density at radius 2 is 1.49 bits per heavy atom. The van der Waals surface area contributed by atoms with E-state index in [1.165, 1.54) is 49.8 Å². The molecular formula is C36H43N5O4. The largest absolute Gasteiger partial charge is 0.481 e. The Morgan fingerprint density at radius 3 is 2.11 bits per heavy atom. The molecule has 2 saturated heterocycles. The van der Waals surface area contributed by atoms with Gasteiger partial charge in [-0.1, -0.05) is 74.1 Å². The molecule has 236 valence electrons. The minimum atomic E-state index is -0.913. The van der Waals surface area contributed by atoms with E-state index in [0.717, 1.165) is 47.3 Å². The van der Waals surface area contributed by atoms with Gasteiger partial charge in [0.25, 0.3) is 5.91 Å². The molecule has 2 aromatic carbocycles. The maximum Gasteiger partial charge on any atom is 0.310 e. The van der Waals surface area contributed by atoms with Crippen LogP contribution in [0.5, 0.6) is 0 Å². The van der Waals surface area contributed by atoms with Crippen LogP contribution in [-0.4, -0.2) is 70.0 Å². The summed E-state index contributed by atoms with van der Waals surface area (Å²) in [4.78, 5) is 51.0. The number of hydrogen-bond acceptors (Lipinski definition) is 6. The van der Waals surface area contributed by atoms with E-state index in [0.29, 0.717) is 11.4 Å². The zero-order chi connectivity index (χ0) is 31.3. The third kappa shape index (κ3) is 7.35. The molecule has 3 aliphatic rings. The van der Waals surface area contributed by atoms with E-state index in [1.54, 1.807) is 12.1 Å². The van der Waals surface area contributed by atoms with Crippen molar-refractivity contribution in [1.29, 1.82) is 0 Å². The molecule has 3 fully saturated rings. The van der Waals surface area contributed by atoms with E-state index in [4.69, 9.17) is 0 Å². The number of aliphatic carboxylic acids is 1. The molecule has 1 aliphatic carbocycles. The first-order valence-electron chi connectivity index (χ1n) is 16.4. The van der Waals surface area contributed by atoms with Gasteiger partial charge in [-0.15, -0.1) is 0 Å². The van der Waals surface area contributed by atoms with Crippen LogP contribution in [0.2, 0.25) is 0 Å². The molecule has 1 saturated carbocycles. The molecule has 0 bridgehead atoms. The molecule has 1 unspecified atom stereocenters. The normalized spacial score (nSPS) is 18.7. The predicted molar refractivity (Wildman–Crippen MR) is 173 cm³/mol. The summed E-state index contributed by atoms with van der Waals surface area (Å²) in [6.07, 6.45) is 13.6. The van der Waals surface area contributed by atoms with Crippen molar-refractivity contribution in [3.63, 3.8) is 0 Å². The molecule has 2 N–H and O–H groups in total. The summed E-state index contributed by atoms with van der Waals surface area (Å²) in [5.74, 6) is 0.318. The van der Waals surface area contributed by atoms with Crippen LogP contribution in [0.15, 0.2) is 60.9 Å². The molecule has 1 atom stereocenters. The maximum atomic E-state index is 13.4.